The summed E-state index contributed by atoms with van der Waals surface area (Å²) in [4.78, 5) is 10.6. The normalized spacial score (nSPS) is 10.4. The van der Waals surface area contributed by atoms with Crippen LogP contribution in [0, 0.1) is 0 Å². The Balaban J connectivity index is 2.10. The maximum Gasteiger partial charge on any atom is 0.231 e. The van der Waals surface area contributed by atoms with Crippen molar-refractivity contribution in [3.05, 3.63) is 42.1 Å². The number of aromatic amines is 1. The smallest absolute Gasteiger partial charge is 0.231 e. The largest absolute Gasteiger partial charge is 0.369 e. The molecule has 0 spiro atoms. The molecule has 1 amide bonds. The molecule has 17 heavy (non-hydrogen) atoms. The van der Waals surface area contributed by atoms with Crippen LogP contribution >= 0.6 is 0 Å². The standard InChI is InChI=1S/C12H14N4O/c13-11(17)8-14-6-10-7-15-16-12(10)9-4-2-1-3-5-9/h1-5,7,14H,6,8H2,(H2,13,17)(H,15,16). The number of amides is 1. The van der Waals surface area contributed by atoms with Crippen LogP contribution in [0.1, 0.15) is 5.56 Å². The number of nitrogens with two attached hydrogens (primary N) is 1. The summed E-state index contributed by atoms with van der Waals surface area (Å²) in [6.45, 7) is 0.725. The van der Waals surface area contributed by atoms with Gasteiger partial charge in [0.25, 0.3) is 0 Å². The van der Waals surface area contributed by atoms with E-state index >= 15 is 0 Å². The molecule has 1 aromatic heterocycles. The second-order valence-electron chi connectivity index (χ2n) is 3.71. The number of aromatic nitrogens is 2. The Morgan fingerprint density at radius 2 is 2.12 bits per heavy atom. The van der Waals surface area contributed by atoms with Crippen LogP contribution in [0.15, 0.2) is 36.5 Å². The second-order valence-corrected chi connectivity index (χ2v) is 3.71. The van der Waals surface area contributed by atoms with Gasteiger partial charge in [0.1, 0.15) is 0 Å². The van der Waals surface area contributed by atoms with Crippen LogP contribution in [0.3, 0.4) is 0 Å². The lowest BCUT2D eigenvalue weighted by atomic mass is 10.1. The molecule has 0 saturated carbocycles. The number of rotatable bonds is 5. The Kier molecular flexibility index (Phi) is 3.52. The van der Waals surface area contributed by atoms with E-state index in [4.69, 9.17) is 5.73 Å². The minimum absolute atomic E-state index is 0.166. The quantitative estimate of drug-likeness (QED) is 0.705. The topological polar surface area (TPSA) is 83.8 Å². The molecule has 0 saturated heterocycles. The van der Waals surface area contributed by atoms with Gasteiger partial charge in [-0.2, -0.15) is 5.10 Å². The number of carbonyl (C=O) groups is 1. The van der Waals surface area contributed by atoms with Crippen LogP contribution < -0.4 is 11.1 Å². The van der Waals surface area contributed by atoms with Crippen molar-refractivity contribution < 1.29 is 4.79 Å². The van der Waals surface area contributed by atoms with E-state index in [1.807, 2.05) is 30.3 Å². The van der Waals surface area contributed by atoms with Crippen molar-refractivity contribution in [1.82, 2.24) is 15.5 Å². The van der Waals surface area contributed by atoms with Crippen molar-refractivity contribution in [1.29, 1.82) is 0 Å². The maximum absolute atomic E-state index is 10.6. The SMILES string of the molecule is NC(=O)CNCc1cn[nH]c1-c1ccccc1. The van der Waals surface area contributed by atoms with Gasteiger partial charge in [-0.05, 0) is 5.56 Å². The lowest BCUT2D eigenvalue weighted by Crippen LogP contribution is -2.28. The summed E-state index contributed by atoms with van der Waals surface area (Å²) >= 11 is 0. The highest BCUT2D eigenvalue weighted by Crippen LogP contribution is 2.20. The Hall–Kier alpha value is -2.14. The highest BCUT2D eigenvalue weighted by atomic mass is 16.1. The zero-order valence-electron chi connectivity index (χ0n) is 9.31. The Labute approximate surface area is 99.0 Å². The van der Waals surface area contributed by atoms with Gasteiger partial charge in [0.05, 0.1) is 18.4 Å². The van der Waals surface area contributed by atoms with Crippen molar-refractivity contribution >= 4 is 5.91 Å². The van der Waals surface area contributed by atoms with Crippen molar-refractivity contribution in [3.63, 3.8) is 0 Å². The van der Waals surface area contributed by atoms with Crippen LogP contribution in [0.4, 0.5) is 0 Å². The van der Waals surface area contributed by atoms with Crippen LogP contribution in [-0.2, 0) is 11.3 Å². The van der Waals surface area contributed by atoms with Crippen molar-refractivity contribution in [3.8, 4) is 11.3 Å². The first-order valence-corrected chi connectivity index (χ1v) is 5.34. The molecule has 4 N–H and O–H groups in total. The Morgan fingerprint density at radius 1 is 1.35 bits per heavy atom. The number of benzene rings is 1. The summed E-state index contributed by atoms with van der Waals surface area (Å²) in [5.41, 5.74) is 8.10. The number of hydrogen-bond donors (Lipinski definition) is 3. The van der Waals surface area contributed by atoms with Gasteiger partial charge in [-0.15, -0.1) is 0 Å². The van der Waals surface area contributed by atoms with Gasteiger partial charge in [0.15, 0.2) is 0 Å². The van der Waals surface area contributed by atoms with Crippen LogP contribution in [0.5, 0.6) is 0 Å². The molecule has 2 rings (SSSR count). The van der Waals surface area contributed by atoms with E-state index in [-0.39, 0.29) is 12.5 Å². The molecule has 0 aliphatic carbocycles. The molecule has 0 atom stereocenters. The Morgan fingerprint density at radius 3 is 2.82 bits per heavy atom. The molecule has 88 valence electrons. The molecule has 0 aliphatic rings. The van der Waals surface area contributed by atoms with E-state index in [1.54, 1.807) is 6.20 Å². The molecule has 1 heterocycles. The van der Waals surface area contributed by atoms with Gasteiger partial charge in [-0.3, -0.25) is 9.89 Å². The van der Waals surface area contributed by atoms with E-state index in [1.165, 1.54) is 0 Å². The zero-order valence-corrected chi connectivity index (χ0v) is 9.31. The third-order valence-electron chi connectivity index (χ3n) is 2.39. The summed E-state index contributed by atoms with van der Waals surface area (Å²) < 4.78 is 0. The van der Waals surface area contributed by atoms with Gasteiger partial charge >= 0.3 is 0 Å². The van der Waals surface area contributed by atoms with E-state index in [2.05, 4.69) is 15.5 Å². The fourth-order valence-corrected chi connectivity index (χ4v) is 1.62. The molecule has 0 radical (unpaired) electrons. The average Bonchev–Trinajstić information content (AvgIpc) is 2.78. The number of hydrogen-bond acceptors (Lipinski definition) is 3. The first-order valence-electron chi connectivity index (χ1n) is 5.34. The molecule has 5 nitrogen and oxygen atoms in total. The van der Waals surface area contributed by atoms with Crippen LogP contribution in [0.25, 0.3) is 11.3 Å². The fraction of sp³-hybridized carbons (Fsp3) is 0.167. The molecule has 5 heteroatoms. The fourth-order valence-electron chi connectivity index (χ4n) is 1.62. The first kappa shape index (κ1) is 11.3. The lowest BCUT2D eigenvalue weighted by Gasteiger charge is -2.03. The minimum Gasteiger partial charge on any atom is -0.369 e. The molecule has 1 aromatic carbocycles. The van der Waals surface area contributed by atoms with Crippen LogP contribution in [-0.4, -0.2) is 22.6 Å². The van der Waals surface area contributed by atoms with Crippen molar-refractivity contribution in [2.24, 2.45) is 5.73 Å². The summed E-state index contributed by atoms with van der Waals surface area (Å²) in [5.74, 6) is -0.366. The van der Waals surface area contributed by atoms with Gasteiger partial charge < -0.3 is 11.1 Å². The zero-order chi connectivity index (χ0) is 12.1. The van der Waals surface area contributed by atoms with E-state index in [9.17, 15) is 4.79 Å². The summed E-state index contributed by atoms with van der Waals surface area (Å²) in [5, 5.41) is 9.93. The van der Waals surface area contributed by atoms with E-state index in [0.717, 1.165) is 16.8 Å². The average molecular weight is 230 g/mol. The number of carbonyl (C=O) groups excluding carboxylic acids is 1. The second kappa shape index (κ2) is 5.27. The van der Waals surface area contributed by atoms with Gasteiger partial charge in [0.2, 0.25) is 5.91 Å². The van der Waals surface area contributed by atoms with Gasteiger partial charge in [-0.1, -0.05) is 30.3 Å². The highest BCUT2D eigenvalue weighted by Gasteiger charge is 2.06. The molecule has 0 bridgehead atoms. The molecule has 0 aliphatic heterocycles. The van der Waals surface area contributed by atoms with E-state index in [0.29, 0.717) is 6.54 Å². The number of primary amides is 1. The number of nitrogens with zero attached hydrogens (tertiary/aromatic N) is 1. The van der Waals surface area contributed by atoms with Crippen molar-refractivity contribution in [2.75, 3.05) is 6.54 Å². The molecule has 0 fully saturated rings. The summed E-state index contributed by atoms with van der Waals surface area (Å²) in [7, 11) is 0. The monoisotopic (exact) mass is 230 g/mol. The van der Waals surface area contributed by atoms with Crippen LogP contribution in [0.2, 0.25) is 0 Å². The Bertz CT molecular complexity index is 492. The third-order valence-corrected chi connectivity index (χ3v) is 2.39. The number of H-pyrrole nitrogens is 1. The highest BCUT2D eigenvalue weighted by molar-refractivity contribution is 5.75. The van der Waals surface area contributed by atoms with Gasteiger partial charge in [0, 0.05) is 12.1 Å². The first-order chi connectivity index (χ1) is 8.27. The van der Waals surface area contributed by atoms with Crippen molar-refractivity contribution in [2.45, 2.75) is 6.54 Å². The molecular formula is C12H14N4O. The number of nitrogens with one attached hydrogen (secondary N) is 2. The van der Waals surface area contributed by atoms with Gasteiger partial charge in [-0.25, -0.2) is 0 Å². The minimum atomic E-state index is -0.366. The maximum atomic E-state index is 10.6. The molecular weight excluding hydrogens is 216 g/mol. The molecule has 0 unspecified atom stereocenters. The lowest BCUT2D eigenvalue weighted by molar-refractivity contribution is -0.117. The third kappa shape index (κ3) is 2.92. The van der Waals surface area contributed by atoms with E-state index < -0.39 is 0 Å². The predicted molar refractivity (Wildman–Crippen MR) is 64.9 cm³/mol. The summed E-state index contributed by atoms with van der Waals surface area (Å²) in [6.07, 6.45) is 1.75. The molecule has 2 aromatic rings. The summed E-state index contributed by atoms with van der Waals surface area (Å²) in [6, 6.07) is 9.91. The predicted octanol–water partition coefficient (Wildman–Crippen LogP) is 0.652.